The quantitative estimate of drug-likeness (QED) is 0.732. The van der Waals surface area contributed by atoms with Gasteiger partial charge >= 0.3 is 0 Å². The van der Waals surface area contributed by atoms with Crippen molar-refractivity contribution in [1.82, 2.24) is 9.88 Å². The lowest BCUT2D eigenvalue weighted by atomic mass is 9.96. The Morgan fingerprint density at radius 2 is 2.00 bits per heavy atom. The summed E-state index contributed by atoms with van der Waals surface area (Å²) in [7, 11) is 4.87. The molecule has 5 nitrogen and oxygen atoms in total. The van der Waals surface area contributed by atoms with Crippen LogP contribution in [0.2, 0.25) is 0 Å². The molecule has 1 aromatic heterocycles. The van der Waals surface area contributed by atoms with Crippen LogP contribution in [0.1, 0.15) is 18.4 Å². The number of nitrogens with zero attached hydrogens (tertiary/aromatic N) is 1. The number of aromatic amines is 1. The highest BCUT2D eigenvalue weighted by atomic mass is 16.5. The number of benzene rings is 1. The molecule has 0 amide bonds. The molecule has 0 spiro atoms. The van der Waals surface area contributed by atoms with Crippen LogP contribution in [0.25, 0.3) is 10.9 Å². The number of hydrogen-bond donors (Lipinski definition) is 3. The minimum atomic E-state index is -1.90. The zero-order chi connectivity index (χ0) is 14.2. The second-order valence-electron chi connectivity index (χ2n) is 4.96. The molecule has 2 rings (SSSR count). The van der Waals surface area contributed by atoms with E-state index in [9.17, 15) is 10.2 Å². The van der Waals surface area contributed by atoms with Crippen molar-refractivity contribution < 1.29 is 14.9 Å². The lowest BCUT2D eigenvalue weighted by Gasteiger charge is -2.34. The van der Waals surface area contributed by atoms with Gasteiger partial charge in [0.2, 0.25) is 5.91 Å². The van der Waals surface area contributed by atoms with E-state index in [1.807, 2.05) is 18.2 Å². The first kappa shape index (κ1) is 13.9. The fourth-order valence-corrected chi connectivity index (χ4v) is 2.20. The van der Waals surface area contributed by atoms with Crippen molar-refractivity contribution in [1.29, 1.82) is 0 Å². The van der Waals surface area contributed by atoms with Crippen LogP contribution in [0.5, 0.6) is 5.75 Å². The highest BCUT2D eigenvalue weighted by Crippen LogP contribution is 2.34. The largest absolute Gasteiger partial charge is 0.497 e. The number of fused-ring (bicyclic) bond motifs is 1. The number of ether oxygens (including phenoxy) is 1. The minimum Gasteiger partial charge on any atom is -0.497 e. The molecule has 0 bridgehead atoms. The molecule has 0 fully saturated rings. The maximum Gasteiger partial charge on any atom is 0.231 e. The molecule has 1 aromatic carbocycles. The van der Waals surface area contributed by atoms with Crippen LogP contribution in [-0.4, -0.2) is 47.2 Å². The van der Waals surface area contributed by atoms with Crippen molar-refractivity contribution in [2.45, 2.75) is 18.8 Å². The van der Waals surface area contributed by atoms with Gasteiger partial charge in [-0.3, -0.25) is 4.90 Å². The average molecular weight is 264 g/mol. The summed E-state index contributed by atoms with van der Waals surface area (Å²) in [6.07, 6.45) is 1.81. The first-order chi connectivity index (χ1) is 8.87. The molecule has 0 aliphatic heterocycles. The van der Waals surface area contributed by atoms with Crippen molar-refractivity contribution in [3.63, 3.8) is 0 Å². The average Bonchev–Trinajstić information content (AvgIpc) is 2.79. The zero-order valence-electron chi connectivity index (χ0n) is 11.6. The van der Waals surface area contributed by atoms with Crippen molar-refractivity contribution in [3.8, 4) is 5.75 Å². The van der Waals surface area contributed by atoms with E-state index in [1.54, 1.807) is 34.3 Å². The lowest BCUT2D eigenvalue weighted by molar-refractivity contribution is -0.261. The van der Waals surface area contributed by atoms with E-state index >= 15 is 0 Å². The van der Waals surface area contributed by atoms with Crippen LogP contribution in [0, 0.1) is 0 Å². The highest BCUT2D eigenvalue weighted by Gasteiger charge is 2.36. The molecule has 0 saturated carbocycles. The van der Waals surface area contributed by atoms with Crippen LogP contribution in [0.3, 0.4) is 0 Å². The first-order valence-corrected chi connectivity index (χ1v) is 6.15. The second kappa shape index (κ2) is 4.85. The summed E-state index contributed by atoms with van der Waals surface area (Å²) in [5, 5.41) is 21.2. The van der Waals surface area contributed by atoms with Crippen molar-refractivity contribution in [3.05, 3.63) is 30.0 Å². The molecule has 1 heterocycles. The van der Waals surface area contributed by atoms with Gasteiger partial charge in [-0.25, -0.2) is 0 Å². The van der Waals surface area contributed by atoms with E-state index < -0.39 is 11.8 Å². The summed E-state index contributed by atoms with van der Waals surface area (Å²) >= 11 is 0. The van der Waals surface area contributed by atoms with Crippen molar-refractivity contribution in [2.24, 2.45) is 0 Å². The van der Waals surface area contributed by atoms with E-state index in [4.69, 9.17) is 4.74 Å². The second-order valence-corrected chi connectivity index (χ2v) is 4.96. The van der Waals surface area contributed by atoms with E-state index in [0.717, 1.165) is 22.2 Å². The molecule has 1 atom stereocenters. The Kier molecular flexibility index (Phi) is 3.54. The smallest absolute Gasteiger partial charge is 0.231 e. The Bertz CT molecular complexity index is 575. The van der Waals surface area contributed by atoms with Crippen LogP contribution in [0.15, 0.2) is 24.4 Å². The molecule has 1 unspecified atom stereocenters. The van der Waals surface area contributed by atoms with Gasteiger partial charge in [0.15, 0.2) is 0 Å². The minimum absolute atomic E-state index is 0.469. The summed E-state index contributed by atoms with van der Waals surface area (Å²) in [6.45, 7) is 1.78. The predicted octanol–water partition coefficient (Wildman–Crippen LogP) is 1.48. The fraction of sp³-hybridized carbons (Fsp3) is 0.429. The van der Waals surface area contributed by atoms with Crippen LogP contribution in [-0.2, 0) is 0 Å². The van der Waals surface area contributed by atoms with E-state index in [0.29, 0.717) is 0 Å². The number of methoxy groups -OCH3 is 1. The number of nitrogens with one attached hydrogen (secondary N) is 1. The molecule has 0 aliphatic carbocycles. The van der Waals surface area contributed by atoms with E-state index in [-0.39, 0.29) is 0 Å². The van der Waals surface area contributed by atoms with Gasteiger partial charge < -0.3 is 19.9 Å². The topological polar surface area (TPSA) is 68.7 Å². The number of likely N-dealkylation sites (N-methyl/N-ethyl adjacent to an activating group) is 1. The van der Waals surface area contributed by atoms with Gasteiger partial charge in [0.1, 0.15) is 5.75 Å². The molecule has 0 radical (unpaired) electrons. The third-order valence-electron chi connectivity index (χ3n) is 3.63. The number of hydrogen-bond acceptors (Lipinski definition) is 4. The zero-order valence-corrected chi connectivity index (χ0v) is 11.6. The van der Waals surface area contributed by atoms with Gasteiger partial charge in [0.25, 0.3) is 0 Å². The Balaban J connectivity index is 2.50. The van der Waals surface area contributed by atoms with Crippen LogP contribution >= 0.6 is 0 Å². The third kappa shape index (κ3) is 2.32. The van der Waals surface area contributed by atoms with Gasteiger partial charge in [-0.05, 0) is 37.9 Å². The van der Waals surface area contributed by atoms with Crippen molar-refractivity contribution in [2.75, 3.05) is 21.2 Å². The standard InChI is InChI=1S/C14H20N2O3/c1-9(14(17,18)16(2)3)12-8-15-13-6-5-10(19-4)7-11(12)13/h5-9,15,17-18H,1-4H3. The molecule has 2 aromatic rings. The Labute approximate surface area is 112 Å². The molecule has 5 heteroatoms. The van der Waals surface area contributed by atoms with Crippen molar-refractivity contribution >= 4 is 10.9 Å². The molecule has 19 heavy (non-hydrogen) atoms. The molecule has 0 saturated heterocycles. The Morgan fingerprint density at radius 3 is 2.58 bits per heavy atom. The number of H-pyrrole nitrogens is 1. The molecular formula is C14H20N2O3. The first-order valence-electron chi connectivity index (χ1n) is 6.15. The van der Waals surface area contributed by atoms with Gasteiger partial charge in [-0.15, -0.1) is 0 Å². The monoisotopic (exact) mass is 264 g/mol. The van der Waals surface area contributed by atoms with E-state index in [2.05, 4.69) is 4.98 Å². The maximum absolute atomic E-state index is 10.2. The van der Waals surface area contributed by atoms with Crippen LogP contribution in [0.4, 0.5) is 0 Å². The van der Waals surface area contributed by atoms with E-state index in [1.165, 1.54) is 4.90 Å². The SMILES string of the molecule is COc1ccc2[nH]cc(C(C)C(O)(O)N(C)C)c2c1. The summed E-state index contributed by atoms with van der Waals surface area (Å²) in [5.74, 6) is -1.63. The lowest BCUT2D eigenvalue weighted by Crippen LogP contribution is -2.48. The summed E-state index contributed by atoms with van der Waals surface area (Å²) in [5.41, 5.74) is 1.78. The maximum atomic E-state index is 10.2. The molecule has 104 valence electrons. The van der Waals surface area contributed by atoms with Gasteiger partial charge in [0, 0.05) is 17.1 Å². The summed E-state index contributed by atoms with van der Waals surface area (Å²) in [4.78, 5) is 4.52. The van der Waals surface area contributed by atoms with Gasteiger partial charge in [-0.2, -0.15) is 0 Å². The summed E-state index contributed by atoms with van der Waals surface area (Å²) in [6, 6.07) is 5.67. The molecule has 0 aliphatic rings. The normalized spacial score (nSPS) is 14.1. The van der Waals surface area contributed by atoms with Gasteiger partial charge in [-0.1, -0.05) is 6.92 Å². The summed E-state index contributed by atoms with van der Waals surface area (Å²) < 4.78 is 5.21. The number of aromatic nitrogens is 1. The highest BCUT2D eigenvalue weighted by molar-refractivity contribution is 5.85. The van der Waals surface area contributed by atoms with Gasteiger partial charge in [0.05, 0.1) is 13.0 Å². The number of rotatable bonds is 4. The predicted molar refractivity (Wildman–Crippen MR) is 74.1 cm³/mol. The molecule has 3 N–H and O–H groups in total. The molecular weight excluding hydrogens is 244 g/mol. The Morgan fingerprint density at radius 1 is 1.32 bits per heavy atom. The van der Waals surface area contributed by atoms with Crippen LogP contribution < -0.4 is 4.74 Å². The third-order valence-corrected chi connectivity index (χ3v) is 3.63. The number of aliphatic hydroxyl groups is 2. The fourth-order valence-electron chi connectivity index (χ4n) is 2.20. The Hall–Kier alpha value is -1.56.